The molecule has 1 aliphatic heterocycles. The minimum atomic E-state index is -4.36. The molecule has 1 aromatic rings. The highest BCUT2D eigenvalue weighted by molar-refractivity contribution is 5.67. The first-order valence-electron chi connectivity index (χ1n) is 11.9. The Balaban J connectivity index is 1.89. The molecule has 0 aromatic heterocycles. The van der Waals surface area contributed by atoms with E-state index in [2.05, 4.69) is 18.7 Å². The Hall–Kier alpha value is -1.60. The molecule has 1 N–H and O–H groups in total. The lowest BCUT2D eigenvalue weighted by Gasteiger charge is -2.47. The Morgan fingerprint density at radius 3 is 2.34 bits per heavy atom. The van der Waals surface area contributed by atoms with Crippen LogP contribution in [-0.2, 0) is 15.7 Å². The summed E-state index contributed by atoms with van der Waals surface area (Å²) >= 11 is 0. The average molecular weight is 456 g/mol. The number of halogens is 3. The molecular weight excluding hydrogens is 419 g/mol. The van der Waals surface area contributed by atoms with Gasteiger partial charge in [-0.05, 0) is 80.5 Å². The first-order valence-corrected chi connectivity index (χ1v) is 11.9. The van der Waals surface area contributed by atoms with E-state index in [1.807, 2.05) is 0 Å². The second-order valence-corrected chi connectivity index (χ2v) is 9.83. The maximum Gasteiger partial charge on any atom is 0.416 e. The molecular formula is C25H36F3NO3. The Morgan fingerprint density at radius 1 is 1.12 bits per heavy atom. The molecule has 4 nitrogen and oxygen atoms in total. The molecule has 1 aliphatic carbocycles. The first-order chi connectivity index (χ1) is 15.1. The fourth-order valence-electron chi connectivity index (χ4n) is 5.39. The van der Waals surface area contributed by atoms with Crippen LogP contribution in [0, 0.1) is 11.8 Å². The number of rotatable bonds is 8. The van der Waals surface area contributed by atoms with Crippen molar-refractivity contribution < 1.29 is 27.8 Å². The van der Waals surface area contributed by atoms with Gasteiger partial charge in [0.25, 0.3) is 0 Å². The SMILES string of the molecule is CC(C)CCN(C1CCOCC1)C1CCC(CC(=O)O)CC1c1ccc(C(F)(F)F)cc1. The van der Waals surface area contributed by atoms with Crippen molar-refractivity contribution in [3.05, 3.63) is 35.4 Å². The second-order valence-electron chi connectivity index (χ2n) is 9.83. The summed E-state index contributed by atoms with van der Waals surface area (Å²) in [7, 11) is 0. The van der Waals surface area contributed by atoms with Crippen molar-refractivity contribution in [3.63, 3.8) is 0 Å². The average Bonchev–Trinajstić information content (AvgIpc) is 2.74. The molecule has 3 rings (SSSR count). The van der Waals surface area contributed by atoms with E-state index in [-0.39, 0.29) is 24.3 Å². The van der Waals surface area contributed by atoms with Crippen LogP contribution < -0.4 is 0 Å². The molecule has 3 atom stereocenters. The van der Waals surface area contributed by atoms with Gasteiger partial charge >= 0.3 is 12.1 Å². The number of carbonyl (C=O) groups is 1. The number of carboxylic acid groups (broad SMARTS) is 1. The molecule has 2 fully saturated rings. The summed E-state index contributed by atoms with van der Waals surface area (Å²) in [6, 6.07) is 6.15. The number of alkyl halides is 3. The molecule has 0 spiro atoms. The highest BCUT2D eigenvalue weighted by atomic mass is 19.4. The molecule has 1 aromatic carbocycles. The van der Waals surface area contributed by atoms with Crippen molar-refractivity contribution in [3.8, 4) is 0 Å². The van der Waals surface area contributed by atoms with Crippen LogP contribution in [0.4, 0.5) is 13.2 Å². The molecule has 180 valence electrons. The Bertz CT molecular complexity index is 729. The minimum Gasteiger partial charge on any atom is -0.481 e. The third-order valence-corrected chi connectivity index (χ3v) is 7.10. The van der Waals surface area contributed by atoms with Crippen LogP contribution in [0.1, 0.15) is 75.8 Å². The molecule has 2 aliphatic rings. The fraction of sp³-hybridized carbons (Fsp3) is 0.720. The van der Waals surface area contributed by atoms with Gasteiger partial charge in [-0.3, -0.25) is 9.69 Å². The van der Waals surface area contributed by atoms with Crippen LogP contribution in [0.2, 0.25) is 0 Å². The van der Waals surface area contributed by atoms with Gasteiger partial charge in [-0.2, -0.15) is 13.2 Å². The van der Waals surface area contributed by atoms with Gasteiger partial charge in [-0.1, -0.05) is 26.0 Å². The molecule has 1 heterocycles. The van der Waals surface area contributed by atoms with E-state index in [9.17, 15) is 23.1 Å². The normalized spacial score (nSPS) is 25.4. The van der Waals surface area contributed by atoms with Gasteiger partial charge in [0, 0.05) is 31.7 Å². The lowest BCUT2D eigenvalue weighted by Crippen LogP contribution is -2.50. The number of ether oxygens (including phenoxy) is 1. The summed E-state index contributed by atoms with van der Waals surface area (Å²) in [5, 5.41) is 9.32. The molecule has 0 radical (unpaired) electrons. The summed E-state index contributed by atoms with van der Waals surface area (Å²) in [5.41, 5.74) is 0.247. The first kappa shape index (κ1) is 25.0. The fourth-order valence-corrected chi connectivity index (χ4v) is 5.39. The van der Waals surface area contributed by atoms with Gasteiger partial charge < -0.3 is 9.84 Å². The lowest BCUT2D eigenvalue weighted by molar-refractivity contribution is -0.139. The van der Waals surface area contributed by atoms with Crippen molar-refractivity contribution in [2.45, 2.75) is 83.0 Å². The van der Waals surface area contributed by atoms with Gasteiger partial charge in [0.2, 0.25) is 0 Å². The summed E-state index contributed by atoms with van der Waals surface area (Å²) in [6.07, 6.45) is 1.17. The molecule has 0 amide bonds. The topological polar surface area (TPSA) is 49.8 Å². The van der Waals surface area contributed by atoms with Gasteiger partial charge in [-0.25, -0.2) is 0 Å². The molecule has 3 unspecified atom stereocenters. The van der Waals surface area contributed by atoms with E-state index in [0.717, 1.165) is 57.4 Å². The largest absolute Gasteiger partial charge is 0.481 e. The standard InChI is InChI=1S/C25H36F3NO3/c1-17(2)9-12-29(21-10-13-32-14-11-21)23-8-3-18(16-24(30)31)15-22(23)19-4-6-20(7-5-19)25(26,27)28/h4-7,17-18,21-23H,3,8-16H2,1-2H3,(H,30,31). The summed E-state index contributed by atoms with van der Waals surface area (Å²) in [4.78, 5) is 13.9. The third-order valence-electron chi connectivity index (χ3n) is 7.10. The zero-order chi connectivity index (χ0) is 23.3. The maximum atomic E-state index is 13.1. The number of hydrogen-bond acceptors (Lipinski definition) is 3. The summed E-state index contributed by atoms with van der Waals surface area (Å²) < 4.78 is 44.9. The molecule has 32 heavy (non-hydrogen) atoms. The summed E-state index contributed by atoms with van der Waals surface area (Å²) in [6.45, 7) is 6.84. The van der Waals surface area contributed by atoms with Crippen LogP contribution in [-0.4, -0.2) is 47.8 Å². The number of hydrogen-bond donors (Lipinski definition) is 1. The molecule has 7 heteroatoms. The lowest BCUT2D eigenvalue weighted by atomic mass is 9.72. The van der Waals surface area contributed by atoms with Crippen molar-refractivity contribution in [2.24, 2.45) is 11.8 Å². The highest BCUT2D eigenvalue weighted by Crippen LogP contribution is 2.42. The van der Waals surface area contributed by atoms with Crippen LogP contribution in [0.25, 0.3) is 0 Å². The monoisotopic (exact) mass is 455 g/mol. The van der Waals surface area contributed by atoms with E-state index >= 15 is 0 Å². The smallest absolute Gasteiger partial charge is 0.416 e. The van der Waals surface area contributed by atoms with Crippen LogP contribution in [0.3, 0.4) is 0 Å². The third kappa shape index (κ3) is 6.70. The second kappa shape index (κ2) is 11.0. The number of nitrogens with zero attached hydrogens (tertiary/aromatic N) is 1. The minimum absolute atomic E-state index is 0.0328. The number of benzene rings is 1. The van der Waals surface area contributed by atoms with Crippen molar-refractivity contribution in [2.75, 3.05) is 19.8 Å². The molecule has 0 bridgehead atoms. The highest BCUT2D eigenvalue weighted by Gasteiger charge is 2.39. The quantitative estimate of drug-likeness (QED) is 0.526. The van der Waals surface area contributed by atoms with E-state index in [4.69, 9.17) is 4.74 Å². The van der Waals surface area contributed by atoms with Crippen LogP contribution >= 0.6 is 0 Å². The van der Waals surface area contributed by atoms with Crippen molar-refractivity contribution >= 4 is 5.97 Å². The van der Waals surface area contributed by atoms with Crippen LogP contribution in [0.5, 0.6) is 0 Å². The molecule has 1 saturated heterocycles. The number of aliphatic carboxylic acids is 1. The van der Waals surface area contributed by atoms with E-state index in [1.54, 1.807) is 12.1 Å². The zero-order valence-corrected chi connectivity index (χ0v) is 19.1. The Morgan fingerprint density at radius 2 is 1.78 bits per heavy atom. The van der Waals surface area contributed by atoms with Gasteiger partial charge in [0.05, 0.1) is 5.56 Å². The summed E-state index contributed by atoms with van der Waals surface area (Å²) in [5.74, 6) is -0.158. The van der Waals surface area contributed by atoms with E-state index in [1.165, 1.54) is 12.1 Å². The zero-order valence-electron chi connectivity index (χ0n) is 19.1. The predicted octanol–water partition coefficient (Wildman–Crippen LogP) is 5.96. The van der Waals surface area contributed by atoms with E-state index < -0.39 is 17.7 Å². The van der Waals surface area contributed by atoms with E-state index in [0.29, 0.717) is 18.4 Å². The molecule has 1 saturated carbocycles. The van der Waals surface area contributed by atoms with Crippen molar-refractivity contribution in [1.29, 1.82) is 0 Å². The van der Waals surface area contributed by atoms with Gasteiger partial charge in [-0.15, -0.1) is 0 Å². The number of carboxylic acids is 1. The van der Waals surface area contributed by atoms with Crippen LogP contribution in [0.15, 0.2) is 24.3 Å². The van der Waals surface area contributed by atoms with Crippen molar-refractivity contribution in [1.82, 2.24) is 4.90 Å². The Labute approximate surface area is 189 Å². The Kier molecular flexibility index (Phi) is 8.62. The predicted molar refractivity (Wildman–Crippen MR) is 118 cm³/mol. The van der Waals surface area contributed by atoms with Gasteiger partial charge in [0.1, 0.15) is 0 Å². The van der Waals surface area contributed by atoms with Gasteiger partial charge in [0.15, 0.2) is 0 Å². The maximum absolute atomic E-state index is 13.1.